The number of rotatable bonds is 10. The van der Waals surface area contributed by atoms with E-state index in [0.717, 1.165) is 5.56 Å². The summed E-state index contributed by atoms with van der Waals surface area (Å²) in [5.74, 6) is -2.02. The molecule has 0 radical (unpaired) electrons. The number of nitrogens with one attached hydrogen (secondary N) is 1. The van der Waals surface area contributed by atoms with Gasteiger partial charge in [0.25, 0.3) is 0 Å². The van der Waals surface area contributed by atoms with Crippen molar-refractivity contribution in [2.45, 2.75) is 45.3 Å². The number of aliphatic carboxylic acids is 2. The van der Waals surface area contributed by atoms with Crippen LogP contribution in [0.3, 0.4) is 0 Å². The van der Waals surface area contributed by atoms with Gasteiger partial charge in [-0.15, -0.1) is 0 Å². The summed E-state index contributed by atoms with van der Waals surface area (Å²) in [5.41, 5.74) is 1.66. The Morgan fingerprint density at radius 2 is 1.93 bits per heavy atom. The van der Waals surface area contributed by atoms with Gasteiger partial charge >= 0.3 is 11.9 Å². The summed E-state index contributed by atoms with van der Waals surface area (Å²) >= 11 is 6.01. The molecule has 1 aromatic heterocycles. The van der Waals surface area contributed by atoms with Crippen LogP contribution >= 0.6 is 11.6 Å². The summed E-state index contributed by atoms with van der Waals surface area (Å²) in [4.78, 5) is 27.2. The van der Waals surface area contributed by atoms with E-state index in [-0.39, 0.29) is 12.3 Å². The average molecular weight is 394 g/mol. The molecule has 1 heterocycles. The number of hydrogen-bond donors (Lipinski definition) is 3. The molecule has 0 fully saturated rings. The summed E-state index contributed by atoms with van der Waals surface area (Å²) < 4.78 is 1.83. The highest BCUT2D eigenvalue weighted by atomic mass is 35.5. The number of aromatic nitrogens is 2. The van der Waals surface area contributed by atoms with Crippen LogP contribution in [0.5, 0.6) is 0 Å². The fourth-order valence-electron chi connectivity index (χ4n) is 2.87. The minimum atomic E-state index is -1.10. The van der Waals surface area contributed by atoms with Gasteiger partial charge in [-0.2, -0.15) is 0 Å². The lowest BCUT2D eigenvalue weighted by atomic mass is 10.0. The van der Waals surface area contributed by atoms with E-state index in [2.05, 4.69) is 10.3 Å². The van der Waals surface area contributed by atoms with Crippen LogP contribution in [-0.4, -0.2) is 43.8 Å². The van der Waals surface area contributed by atoms with Gasteiger partial charge in [-0.3, -0.25) is 14.9 Å². The first-order chi connectivity index (χ1) is 12.8. The van der Waals surface area contributed by atoms with Gasteiger partial charge in [0, 0.05) is 29.9 Å². The highest BCUT2D eigenvalue weighted by molar-refractivity contribution is 6.30. The normalized spacial score (nSPS) is 13.5. The molecule has 0 bridgehead atoms. The number of carbonyl (C=O) groups is 2. The average Bonchev–Trinajstić information content (AvgIpc) is 2.99. The standard InChI is InChI=1S/C19H24ClN3O4/c1-12(2)6-16(18(24)25)22-17(19(26)27)8-15-9-21-11-23(15)10-13-4-3-5-14(20)7-13/h3-5,7,9,11-12,16-17,22H,6,8,10H2,1-2H3,(H,24,25)(H,26,27). The number of benzene rings is 1. The van der Waals surface area contributed by atoms with Crippen LogP contribution in [0, 0.1) is 5.92 Å². The molecule has 0 saturated carbocycles. The van der Waals surface area contributed by atoms with Crippen LogP contribution in [0.15, 0.2) is 36.8 Å². The van der Waals surface area contributed by atoms with Crippen LogP contribution in [0.1, 0.15) is 31.5 Å². The van der Waals surface area contributed by atoms with E-state index >= 15 is 0 Å². The molecule has 2 unspecified atom stereocenters. The Hall–Kier alpha value is -2.38. The van der Waals surface area contributed by atoms with Crippen molar-refractivity contribution < 1.29 is 19.8 Å². The first-order valence-corrected chi connectivity index (χ1v) is 9.09. The van der Waals surface area contributed by atoms with E-state index in [0.29, 0.717) is 23.7 Å². The van der Waals surface area contributed by atoms with Gasteiger partial charge in [-0.05, 0) is 30.0 Å². The highest BCUT2D eigenvalue weighted by Crippen LogP contribution is 2.14. The Kier molecular flexibility index (Phi) is 7.38. The molecule has 1 aromatic carbocycles. The van der Waals surface area contributed by atoms with E-state index in [9.17, 15) is 19.8 Å². The smallest absolute Gasteiger partial charge is 0.321 e. The third kappa shape index (κ3) is 6.37. The number of imidazole rings is 1. The van der Waals surface area contributed by atoms with Crippen molar-refractivity contribution in [1.82, 2.24) is 14.9 Å². The SMILES string of the molecule is CC(C)CC(NC(Cc1cncn1Cc1cccc(Cl)c1)C(=O)O)C(=O)O. The zero-order valence-electron chi connectivity index (χ0n) is 15.3. The quantitative estimate of drug-likeness (QED) is 0.573. The summed E-state index contributed by atoms with van der Waals surface area (Å²) in [5, 5.41) is 22.3. The third-order valence-corrected chi connectivity index (χ3v) is 4.39. The van der Waals surface area contributed by atoms with Crippen molar-refractivity contribution in [1.29, 1.82) is 0 Å². The van der Waals surface area contributed by atoms with Gasteiger partial charge < -0.3 is 14.8 Å². The van der Waals surface area contributed by atoms with Gasteiger partial charge in [0.05, 0.1) is 6.33 Å². The largest absolute Gasteiger partial charge is 0.480 e. The van der Waals surface area contributed by atoms with E-state index in [1.165, 1.54) is 0 Å². The Labute approximate surface area is 163 Å². The second-order valence-electron chi connectivity index (χ2n) is 6.92. The molecule has 0 aliphatic rings. The molecular weight excluding hydrogens is 370 g/mol. The Morgan fingerprint density at radius 1 is 1.22 bits per heavy atom. The monoisotopic (exact) mass is 393 g/mol. The molecule has 0 saturated heterocycles. The Balaban J connectivity index is 2.14. The molecular formula is C19H24ClN3O4. The summed E-state index contributed by atoms with van der Waals surface area (Å²) in [6.07, 6.45) is 3.69. The van der Waals surface area contributed by atoms with Crippen molar-refractivity contribution in [2.24, 2.45) is 5.92 Å². The molecule has 146 valence electrons. The fourth-order valence-corrected chi connectivity index (χ4v) is 3.09. The minimum absolute atomic E-state index is 0.123. The second-order valence-corrected chi connectivity index (χ2v) is 7.36. The van der Waals surface area contributed by atoms with Gasteiger partial charge in [0.2, 0.25) is 0 Å². The van der Waals surface area contributed by atoms with Crippen LogP contribution in [0.2, 0.25) is 5.02 Å². The molecule has 2 rings (SSSR count). The molecule has 0 aliphatic heterocycles. The molecule has 7 nitrogen and oxygen atoms in total. The van der Waals surface area contributed by atoms with Gasteiger partial charge in [0.1, 0.15) is 12.1 Å². The third-order valence-electron chi connectivity index (χ3n) is 4.16. The first kappa shape index (κ1) is 20.9. The van der Waals surface area contributed by atoms with E-state index in [4.69, 9.17) is 11.6 Å². The lowest BCUT2D eigenvalue weighted by Gasteiger charge is -2.22. The maximum Gasteiger partial charge on any atom is 0.321 e. The van der Waals surface area contributed by atoms with Crippen molar-refractivity contribution >= 4 is 23.5 Å². The zero-order valence-corrected chi connectivity index (χ0v) is 16.1. The first-order valence-electron chi connectivity index (χ1n) is 8.71. The van der Waals surface area contributed by atoms with Crippen molar-refractivity contribution in [2.75, 3.05) is 0 Å². The maximum atomic E-state index is 11.7. The maximum absolute atomic E-state index is 11.7. The van der Waals surface area contributed by atoms with E-state index in [1.807, 2.05) is 36.6 Å². The van der Waals surface area contributed by atoms with E-state index < -0.39 is 24.0 Å². The predicted octanol–water partition coefficient (Wildman–Crippen LogP) is 2.67. The zero-order chi connectivity index (χ0) is 20.0. The van der Waals surface area contributed by atoms with Crippen molar-refractivity contribution in [3.63, 3.8) is 0 Å². The van der Waals surface area contributed by atoms with Crippen LogP contribution in [-0.2, 0) is 22.6 Å². The molecule has 0 spiro atoms. The fraction of sp³-hybridized carbons (Fsp3) is 0.421. The summed E-state index contributed by atoms with van der Waals surface area (Å²) in [6, 6.07) is 5.44. The molecule has 3 N–H and O–H groups in total. The molecule has 8 heteroatoms. The number of carboxylic acids is 2. The number of hydrogen-bond acceptors (Lipinski definition) is 4. The molecule has 27 heavy (non-hydrogen) atoms. The minimum Gasteiger partial charge on any atom is -0.480 e. The molecule has 2 atom stereocenters. The molecule has 0 aliphatic carbocycles. The van der Waals surface area contributed by atoms with E-state index in [1.54, 1.807) is 18.6 Å². The predicted molar refractivity (Wildman–Crippen MR) is 102 cm³/mol. The van der Waals surface area contributed by atoms with Crippen LogP contribution in [0.4, 0.5) is 0 Å². The second kappa shape index (κ2) is 9.53. The van der Waals surface area contributed by atoms with Crippen LogP contribution in [0.25, 0.3) is 0 Å². The topological polar surface area (TPSA) is 104 Å². The number of halogens is 1. The van der Waals surface area contributed by atoms with Gasteiger partial charge in [-0.25, -0.2) is 4.98 Å². The summed E-state index contributed by atoms with van der Waals surface area (Å²) in [6.45, 7) is 4.29. The number of carboxylic acid groups (broad SMARTS) is 2. The molecule has 0 amide bonds. The number of nitrogens with zero attached hydrogens (tertiary/aromatic N) is 2. The summed E-state index contributed by atoms with van der Waals surface area (Å²) in [7, 11) is 0. The lowest BCUT2D eigenvalue weighted by Crippen LogP contribution is -2.49. The lowest BCUT2D eigenvalue weighted by molar-refractivity contribution is -0.142. The Morgan fingerprint density at radius 3 is 2.52 bits per heavy atom. The van der Waals surface area contributed by atoms with Gasteiger partial charge in [-0.1, -0.05) is 37.6 Å². The molecule has 2 aromatic rings. The van der Waals surface area contributed by atoms with Crippen LogP contribution < -0.4 is 5.32 Å². The van der Waals surface area contributed by atoms with Crippen molar-refractivity contribution in [3.8, 4) is 0 Å². The van der Waals surface area contributed by atoms with Crippen molar-refractivity contribution in [3.05, 3.63) is 53.1 Å². The van der Waals surface area contributed by atoms with Gasteiger partial charge in [0.15, 0.2) is 0 Å². The highest BCUT2D eigenvalue weighted by Gasteiger charge is 2.27. The Bertz CT molecular complexity index is 791.